The van der Waals surface area contributed by atoms with Crippen LogP contribution in [-0.2, 0) is 7.05 Å². The summed E-state index contributed by atoms with van der Waals surface area (Å²) >= 11 is 17.2. The Labute approximate surface area is 138 Å². The fourth-order valence-corrected chi connectivity index (χ4v) is 2.41. The van der Waals surface area contributed by atoms with Crippen LogP contribution in [0.2, 0.25) is 10.0 Å². The normalized spacial score (nSPS) is 11.6. The van der Waals surface area contributed by atoms with E-state index in [0.717, 1.165) is 10.7 Å². The molecular formula is C13H7Cl3F3N2O. The summed E-state index contributed by atoms with van der Waals surface area (Å²) in [4.78, 5) is 0. The number of aromatic nitrogens is 2. The van der Waals surface area contributed by atoms with Gasteiger partial charge in [0.1, 0.15) is 16.5 Å². The van der Waals surface area contributed by atoms with Gasteiger partial charge in [-0.1, -0.05) is 34.8 Å². The van der Waals surface area contributed by atoms with Crippen molar-refractivity contribution in [2.45, 2.75) is 6.61 Å². The molecule has 0 saturated carbocycles. The topological polar surface area (TPSA) is 27.1 Å². The monoisotopic (exact) mass is 369 g/mol. The van der Waals surface area contributed by atoms with E-state index in [-0.39, 0.29) is 27.2 Å². The summed E-state index contributed by atoms with van der Waals surface area (Å²) in [5.74, 6) is -1.10. The third-order valence-corrected chi connectivity index (χ3v) is 3.47. The molecule has 1 aromatic heterocycles. The molecule has 0 atom stereocenters. The zero-order chi connectivity index (χ0) is 16.4. The molecule has 1 heterocycles. The quantitative estimate of drug-likeness (QED) is 0.744. The van der Waals surface area contributed by atoms with Gasteiger partial charge in [0.15, 0.2) is 0 Å². The molecule has 0 aliphatic carbocycles. The predicted octanol–water partition coefficient (Wildman–Crippen LogP) is 5.15. The maximum atomic E-state index is 14.1. The lowest BCUT2D eigenvalue weighted by Crippen LogP contribution is -2.06. The summed E-state index contributed by atoms with van der Waals surface area (Å²) in [7, 11) is 1.34. The molecule has 1 aromatic carbocycles. The van der Waals surface area contributed by atoms with Crippen LogP contribution in [-0.4, -0.2) is 16.4 Å². The van der Waals surface area contributed by atoms with Crippen molar-refractivity contribution in [1.29, 1.82) is 0 Å². The van der Waals surface area contributed by atoms with E-state index in [2.05, 4.69) is 15.4 Å². The van der Waals surface area contributed by atoms with E-state index in [9.17, 15) is 13.2 Å². The Hall–Kier alpha value is -1.37. The van der Waals surface area contributed by atoms with Crippen LogP contribution in [0.4, 0.5) is 13.2 Å². The molecule has 1 radical (unpaired) electrons. The summed E-state index contributed by atoms with van der Waals surface area (Å²) in [6, 6.07) is 2.36. The molecular weight excluding hydrogens is 364 g/mol. The number of hydrogen-bond donors (Lipinski definition) is 0. The van der Waals surface area contributed by atoms with Gasteiger partial charge < -0.3 is 4.74 Å². The highest BCUT2D eigenvalue weighted by atomic mass is 35.5. The highest BCUT2D eigenvalue weighted by Crippen LogP contribution is 2.38. The van der Waals surface area contributed by atoms with Crippen molar-refractivity contribution in [2.24, 2.45) is 7.05 Å². The second-order valence-electron chi connectivity index (χ2n) is 4.08. The van der Waals surface area contributed by atoms with Crippen molar-refractivity contribution in [3.63, 3.8) is 0 Å². The van der Waals surface area contributed by atoms with Gasteiger partial charge >= 0.3 is 6.61 Å². The molecule has 3 nitrogen and oxygen atoms in total. The Kier molecular flexibility index (Phi) is 5.26. The molecule has 0 spiro atoms. The van der Waals surface area contributed by atoms with E-state index in [1.165, 1.54) is 19.2 Å². The minimum atomic E-state index is -3.08. The average molecular weight is 371 g/mol. The van der Waals surface area contributed by atoms with Crippen molar-refractivity contribution >= 4 is 40.9 Å². The minimum Gasteiger partial charge on any atom is -0.416 e. The summed E-state index contributed by atoms with van der Waals surface area (Å²) in [6.07, 6.45) is 1.32. The lowest BCUT2D eigenvalue weighted by atomic mass is 10.1. The molecule has 2 aromatic rings. The lowest BCUT2D eigenvalue weighted by Gasteiger charge is -2.05. The third kappa shape index (κ3) is 3.34. The minimum absolute atomic E-state index is 0.0349. The van der Waals surface area contributed by atoms with Gasteiger partial charge in [-0.2, -0.15) is 13.9 Å². The fraction of sp³-hybridized carbons (Fsp3) is 0.154. The SMILES string of the molecule is Cn1nc(-c2cc(C=[C]Cl)c(Cl)cc2F)c(Cl)c1OC(F)F. The Morgan fingerprint density at radius 1 is 1.36 bits per heavy atom. The Bertz CT molecular complexity index is 732. The van der Waals surface area contributed by atoms with Crippen LogP contribution >= 0.6 is 34.8 Å². The average Bonchev–Trinajstić information content (AvgIpc) is 2.69. The van der Waals surface area contributed by atoms with Crippen LogP contribution in [0.3, 0.4) is 0 Å². The van der Waals surface area contributed by atoms with Crippen LogP contribution in [0.25, 0.3) is 17.3 Å². The van der Waals surface area contributed by atoms with Crippen LogP contribution in [0.15, 0.2) is 12.1 Å². The maximum absolute atomic E-state index is 14.1. The summed E-state index contributed by atoms with van der Waals surface area (Å²) < 4.78 is 44.0. The number of aryl methyl sites for hydroxylation is 1. The number of alkyl halides is 2. The van der Waals surface area contributed by atoms with Crippen LogP contribution in [0.1, 0.15) is 5.56 Å². The van der Waals surface area contributed by atoms with Crippen LogP contribution in [0.5, 0.6) is 5.88 Å². The number of rotatable bonds is 4. The molecule has 0 bridgehead atoms. The van der Waals surface area contributed by atoms with E-state index in [0.29, 0.717) is 5.56 Å². The Morgan fingerprint density at radius 2 is 2.05 bits per heavy atom. The first-order chi connectivity index (χ1) is 10.3. The van der Waals surface area contributed by atoms with E-state index in [4.69, 9.17) is 34.8 Å². The molecule has 0 amide bonds. The fourth-order valence-electron chi connectivity index (χ4n) is 1.78. The van der Waals surface area contributed by atoms with E-state index >= 15 is 0 Å². The smallest absolute Gasteiger partial charge is 0.388 e. The molecule has 0 N–H and O–H groups in total. The van der Waals surface area contributed by atoms with Crippen LogP contribution < -0.4 is 4.74 Å². The van der Waals surface area contributed by atoms with Crippen molar-refractivity contribution in [1.82, 2.24) is 9.78 Å². The van der Waals surface area contributed by atoms with Crippen molar-refractivity contribution in [3.05, 3.63) is 39.1 Å². The first kappa shape index (κ1) is 17.0. The van der Waals surface area contributed by atoms with Gasteiger partial charge in [-0.3, -0.25) is 0 Å². The third-order valence-electron chi connectivity index (χ3n) is 2.69. The Morgan fingerprint density at radius 3 is 2.64 bits per heavy atom. The largest absolute Gasteiger partial charge is 0.416 e. The number of hydrogen-bond acceptors (Lipinski definition) is 2. The highest BCUT2D eigenvalue weighted by molar-refractivity contribution is 6.34. The second kappa shape index (κ2) is 6.81. The van der Waals surface area contributed by atoms with Gasteiger partial charge in [0.2, 0.25) is 5.88 Å². The van der Waals surface area contributed by atoms with Crippen molar-refractivity contribution in [3.8, 4) is 17.1 Å². The van der Waals surface area contributed by atoms with Gasteiger partial charge in [-0.05, 0) is 23.8 Å². The highest BCUT2D eigenvalue weighted by Gasteiger charge is 2.22. The number of halogens is 6. The van der Waals surface area contributed by atoms with Crippen molar-refractivity contribution in [2.75, 3.05) is 0 Å². The zero-order valence-electron chi connectivity index (χ0n) is 10.9. The van der Waals surface area contributed by atoms with Crippen molar-refractivity contribution < 1.29 is 17.9 Å². The van der Waals surface area contributed by atoms with Gasteiger partial charge in [0.05, 0.1) is 10.6 Å². The molecule has 0 aliphatic rings. The van der Waals surface area contributed by atoms with Gasteiger partial charge in [-0.25, -0.2) is 9.07 Å². The van der Waals surface area contributed by atoms with Crippen LogP contribution in [0, 0.1) is 11.4 Å². The standard InChI is InChI=1S/C13H7Cl3F3N2O/c1-21-12(22-13(18)19)10(16)11(20-21)7-4-6(2-3-14)8(15)5-9(7)17/h2,4-5,13H,1H3. The summed E-state index contributed by atoms with van der Waals surface area (Å²) in [5.41, 5.74) is 2.51. The molecule has 0 fully saturated rings. The molecule has 22 heavy (non-hydrogen) atoms. The molecule has 2 rings (SSSR count). The Balaban J connectivity index is 2.59. The molecule has 0 saturated heterocycles. The maximum Gasteiger partial charge on any atom is 0.388 e. The number of ether oxygens (including phenoxy) is 1. The second-order valence-corrected chi connectivity index (χ2v) is 5.08. The van der Waals surface area contributed by atoms with Gasteiger partial charge in [-0.15, -0.1) is 0 Å². The number of nitrogens with zero attached hydrogens (tertiary/aromatic N) is 2. The summed E-state index contributed by atoms with van der Waals surface area (Å²) in [5, 5.41) is 3.76. The van der Waals surface area contributed by atoms with E-state index in [1.54, 1.807) is 0 Å². The lowest BCUT2D eigenvalue weighted by molar-refractivity contribution is -0.0552. The molecule has 0 unspecified atom stereocenters. The number of benzene rings is 1. The zero-order valence-corrected chi connectivity index (χ0v) is 13.1. The predicted molar refractivity (Wildman–Crippen MR) is 78.8 cm³/mol. The van der Waals surface area contributed by atoms with Gasteiger partial charge in [0, 0.05) is 12.6 Å². The first-order valence-corrected chi connectivity index (χ1v) is 6.84. The molecule has 117 valence electrons. The van der Waals surface area contributed by atoms with Gasteiger partial charge in [0.25, 0.3) is 0 Å². The van der Waals surface area contributed by atoms with E-state index < -0.39 is 12.4 Å². The molecule has 0 aliphatic heterocycles. The summed E-state index contributed by atoms with van der Waals surface area (Å²) in [6.45, 7) is -3.08. The first-order valence-electron chi connectivity index (χ1n) is 5.71. The van der Waals surface area contributed by atoms with E-state index in [1.807, 2.05) is 0 Å². The molecule has 9 heteroatoms.